The molecule has 122 valence electrons. The molecule has 2 aliphatic rings. The molecule has 0 atom stereocenters. The molecule has 0 aliphatic carbocycles. The lowest BCUT2D eigenvalue weighted by atomic mass is 10.1. The molecule has 0 spiro atoms. The predicted octanol–water partition coefficient (Wildman–Crippen LogP) is 4.00. The van der Waals surface area contributed by atoms with E-state index in [0.29, 0.717) is 17.1 Å². The number of allylic oxidation sites excluding steroid dienone is 1. The first-order chi connectivity index (χ1) is 11.7. The van der Waals surface area contributed by atoms with Gasteiger partial charge in [0.2, 0.25) is 5.78 Å². The van der Waals surface area contributed by atoms with Crippen molar-refractivity contribution in [3.8, 4) is 11.5 Å². The van der Waals surface area contributed by atoms with Crippen LogP contribution >= 0.6 is 0 Å². The Morgan fingerprint density at radius 3 is 2.50 bits per heavy atom. The van der Waals surface area contributed by atoms with Gasteiger partial charge in [0.25, 0.3) is 0 Å². The van der Waals surface area contributed by atoms with E-state index in [1.165, 1.54) is 37.1 Å². The van der Waals surface area contributed by atoms with Gasteiger partial charge < -0.3 is 14.7 Å². The van der Waals surface area contributed by atoms with Gasteiger partial charge in [-0.15, -0.1) is 0 Å². The zero-order chi connectivity index (χ0) is 16.5. The second-order valence-electron chi connectivity index (χ2n) is 6.26. The van der Waals surface area contributed by atoms with E-state index in [1.54, 1.807) is 12.1 Å². The van der Waals surface area contributed by atoms with Gasteiger partial charge in [0, 0.05) is 18.8 Å². The maximum absolute atomic E-state index is 12.4. The van der Waals surface area contributed by atoms with Gasteiger partial charge in [0.1, 0.15) is 11.5 Å². The number of nitrogens with zero attached hydrogens (tertiary/aromatic N) is 1. The average Bonchev–Trinajstić information content (AvgIpc) is 2.92. The number of piperidine rings is 1. The molecule has 2 heterocycles. The maximum atomic E-state index is 12.4. The SMILES string of the molecule is O=C1/C(=C/c2ccc(N3CCCCC3)cc2)Oc2ccc(O)cc21. The van der Waals surface area contributed by atoms with Crippen LogP contribution in [0.15, 0.2) is 48.2 Å². The molecule has 1 N–H and O–H groups in total. The van der Waals surface area contributed by atoms with Crippen molar-refractivity contribution in [2.75, 3.05) is 18.0 Å². The van der Waals surface area contributed by atoms with E-state index in [4.69, 9.17) is 4.74 Å². The first kappa shape index (κ1) is 14.8. The van der Waals surface area contributed by atoms with E-state index in [1.807, 2.05) is 12.1 Å². The van der Waals surface area contributed by atoms with E-state index >= 15 is 0 Å². The smallest absolute Gasteiger partial charge is 0.232 e. The molecule has 0 saturated carbocycles. The molecular weight excluding hydrogens is 302 g/mol. The molecule has 0 amide bonds. The standard InChI is InChI=1S/C20H19NO3/c22-16-8-9-18-17(13-16)20(23)19(24-18)12-14-4-6-15(7-5-14)21-10-2-1-3-11-21/h4-9,12-13,22H,1-3,10-11H2/b19-12-. The first-order valence-corrected chi connectivity index (χ1v) is 8.33. The number of Topliss-reactive ketones (excluding diaryl/α,β-unsaturated/α-hetero) is 1. The lowest BCUT2D eigenvalue weighted by molar-refractivity contribution is 0.101. The topological polar surface area (TPSA) is 49.8 Å². The second kappa shape index (κ2) is 6.04. The third-order valence-electron chi connectivity index (χ3n) is 4.56. The third-order valence-corrected chi connectivity index (χ3v) is 4.56. The van der Waals surface area contributed by atoms with Crippen molar-refractivity contribution < 1.29 is 14.6 Å². The van der Waals surface area contributed by atoms with E-state index in [9.17, 15) is 9.90 Å². The highest BCUT2D eigenvalue weighted by Crippen LogP contribution is 2.34. The molecule has 0 bridgehead atoms. The van der Waals surface area contributed by atoms with Gasteiger partial charge in [-0.25, -0.2) is 0 Å². The summed E-state index contributed by atoms with van der Waals surface area (Å²) in [5.41, 5.74) is 2.56. The fourth-order valence-corrected chi connectivity index (χ4v) is 3.26. The summed E-state index contributed by atoms with van der Waals surface area (Å²) in [5.74, 6) is 0.661. The molecule has 4 rings (SSSR count). The molecule has 1 fully saturated rings. The van der Waals surface area contributed by atoms with Crippen molar-refractivity contribution in [3.05, 3.63) is 59.4 Å². The van der Waals surface area contributed by atoms with Crippen molar-refractivity contribution in [3.63, 3.8) is 0 Å². The fourth-order valence-electron chi connectivity index (χ4n) is 3.26. The normalized spacial score (nSPS) is 18.6. The van der Waals surface area contributed by atoms with Crippen molar-refractivity contribution >= 4 is 17.5 Å². The highest BCUT2D eigenvalue weighted by Gasteiger charge is 2.27. The number of carbonyl (C=O) groups is 1. The Morgan fingerprint density at radius 2 is 1.75 bits per heavy atom. The lowest BCUT2D eigenvalue weighted by Crippen LogP contribution is -2.29. The number of anilines is 1. The average molecular weight is 321 g/mol. The Balaban J connectivity index is 1.55. The second-order valence-corrected chi connectivity index (χ2v) is 6.26. The summed E-state index contributed by atoms with van der Waals surface area (Å²) in [5, 5.41) is 9.51. The lowest BCUT2D eigenvalue weighted by Gasteiger charge is -2.28. The Labute approximate surface area is 141 Å². The summed E-state index contributed by atoms with van der Waals surface area (Å²) in [6.45, 7) is 2.22. The quantitative estimate of drug-likeness (QED) is 0.850. The third kappa shape index (κ3) is 2.75. The molecule has 1 saturated heterocycles. The van der Waals surface area contributed by atoms with Gasteiger partial charge in [-0.1, -0.05) is 12.1 Å². The minimum absolute atomic E-state index is 0.0674. The maximum Gasteiger partial charge on any atom is 0.232 e. The van der Waals surface area contributed by atoms with Crippen molar-refractivity contribution in [1.82, 2.24) is 0 Å². The van der Waals surface area contributed by atoms with Crippen LogP contribution in [-0.2, 0) is 0 Å². The first-order valence-electron chi connectivity index (χ1n) is 8.33. The number of ether oxygens (including phenoxy) is 1. The number of ketones is 1. The number of fused-ring (bicyclic) bond motifs is 1. The Hall–Kier alpha value is -2.75. The number of hydrogen-bond donors (Lipinski definition) is 1. The number of hydrogen-bond acceptors (Lipinski definition) is 4. The van der Waals surface area contributed by atoms with Gasteiger partial charge in [-0.05, 0) is 61.2 Å². The van der Waals surface area contributed by atoms with Crippen LogP contribution in [0.1, 0.15) is 35.2 Å². The highest BCUT2D eigenvalue weighted by molar-refractivity contribution is 6.14. The van der Waals surface area contributed by atoms with Crippen LogP contribution < -0.4 is 9.64 Å². The highest BCUT2D eigenvalue weighted by atomic mass is 16.5. The van der Waals surface area contributed by atoms with E-state index in [-0.39, 0.29) is 11.5 Å². The molecular formula is C20H19NO3. The molecule has 24 heavy (non-hydrogen) atoms. The van der Waals surface area contributed by atoms with Crippen molar-refractivity contribution in [1.29, 1.82) is 0 Å². The summed E-state index contributed by atoms with van der Waals surface area (Å²) in [4.78, 5) is 14.8. The zero-order valence-electron chi connectivity index (χ0n) is 13.4. The summed E-state index contributed by atoms with van der Waals surface area (Å²) < 4.78 is 5.61. The van der Waals surface area contributed by atoms with Gasteiger partial charge in [0.05, 0.1) is 5.56 Å². The Bertz CT molecular complexity index is 802. The molecule has 4 nitrogen and oxygen atoms in total. The number of carbonyl (C=O) groups excluding carboxylic acids is 1. The summed E-state index contributed by atoms with van der Waals surface area (Å²) in [6, 6.07) is 12.8. The zero-order valence-corrected chi connectivity index (χ0v) is 13.4. The minimum atomic E-state index is -0.194. The van der Waals surface area contributed by atoms with Crippen LogP contribution in [0.25, 0.3) is 6.08 Å². The molecule has 0 unspecified atom stereocenters. The van der Waals surface area contributed by atoms with Crippen LogP contribution in [0.4, 0.5) is 5.69 Å². The van der Waals surface area contributed by atoms with Crippen molar-refractivity contribution in [2.24, 2.45) is 0 Å². The molecule has 4 heteroatoms. The largest absolute Gasteiger partial charge is 0.508 e. The van der Waals surface area contributed by atoms with Crippen LogP contribution in [0.3, 0.4) is 0 Å². The molecule has 2 aromatic carbocycles. The van der Waals surface area contributed by atoms with Gasteiger partial charge in [-0.3, -0.25) is 4.79 Å². The van der Waals surface area contributed by atoms with E-state index in [2.05, 4.69) is 17.0 Å². The molecule has 2 aliphatic heterocycles. The summed E-state index contributed by atoms with van der Waals surface area (Å²) in [7, 11) is 0. The molecule has 2 aromatic rings. The monoisotopic (exact) mass is 321 g/mol. The number of benzene rings is 2. The van der Waals surface area contributed by atoms with Crippen LogP contribution in [-0.4, -0.2) is 24.0 Å². The van der Waals surface area contributed by atoms with Crippen LogP contribution in [0, 0.1) is 0 Å². The van der Waals surface area contributed by atoms with Gasteiger partial charge >= 0.3 is 0 Å². The minimum Gasteiger partial charge on any atom is -0.508 e. The fraction of sp³-hybridized carbons (Fsp3) is 0.250. The van der Waals surface area contributed by atoms with Crippen LogP contribution in [0.2, 0.25) is 0 Å². The van der Waals surface area contributed by atoms with Crippen molar-refractivity contribution in [2.45, 2.75) is 19.3 Å². The number of phenolic OH excluding ortho intramolecular Hbond substituents is 1. The van der Waals surface area contributed by atoms with Gasteiger partial charge in [0.15, 0.2) is 5.76 Å². The number of aromatic hydroxyl groups is 1. The number of phenols is 1. The Morgan fingerprint density at radius 1 is 1.00 bits per heavy atom. The summed E-state index contributed by atoms with van der Waals surface area (Å²) >= 11 is 0. The number of rotatable bonds is 2. The van der Waals surface area contributed by atoms with Gasteiger partial charge in [-0.2, -0.15) is 0 Å². The molecule has 0 radical (unpaired) electrons. The molecule has 0 aromatic heterocycles. The van der Waals surface area contributed by atoms with E-state index < -0.39 is 0 Å². The summed E-state index contributed by atoms with van der Waals surface area (Å²) in [6.07, 6.45) is 5.56. The van der Waals surface area contributed by atoms with Crippen LogP contribution in [0.5, 0.6) is 11.5 Å². The van der Waals surface area contributed by atoms with E-state index in [0.717, 1.165) is 18.7 Å². The Kier molecular flexibility index (Phi) is 3.73. The predicted molar refractivity (Wildman–Crippen MR) is 93.5 cm³/mol.